The van der Waals surface area contributed by atoms with Gasteiger partial charge in [0.05, 0.1) is 19.8 Å². The van der Waals surface area contributed by atoms with Crippen LogP contribution in [0.4, 0.5) is 0 Å². The lowest BCUT2D eigenvalue weighted by molar-refractivity contribution is 0.208. The molecule has 1 rings (SSSR count). The van der Waals surface area contributed by atoms with E-state index in [-0.39, 0.29) is 0 Å². The third-order valence-electron chi connectivity index (χ3n) is 2.74. The summed E-state index contributed by atoms with van der Waals surface area (Å²) in [6.45, 7) is 5.80. The number of methoxy groups -OCH3 is 1. The molecule has 0 aromatic heterocycles. The van der Waals surface area contributed by atoms with Crippen LogP contribution >= 0.6 is 27.7 Å². The molecule has 1 aromatic rings. The molecule has 0 aliphatic heterocycles. The first-order valence-electron chi connectivity index (χ1n) is 7.73. The molecule has 0 spiro atoms. The van der Waals surface area contributed by atoms with Crippen molar-refractivity contribution in [3.8, 4) is 5.75 Å². The van der Waals surface area contributed by atoms with Crippen molar-refractivity contribution < 1.29 is 9.47 Å². The Morgan fingerprint density at radius 3 is 2.87 bits per heavy atom. The summed E-state index contributed by atoms with van der Waals surface area (Å²) in [7, 11) is 1.68. The summed E-state index contributed by atoms with van der Waals surface area (Å²) in [6.07, 6.45) is 0. The molecule has 0 aliphatic carbocycles. The normalized spacial score (nSPS) is 11.3. The minimum atomic E-state index is 0.637. The van der Waals surface area contributed by atoms with E-state index >= 15 is 0 Å². The molecule has 0 aliphatic rings. The highest BCUT2D eigenvalue weighted by Crippen LogP contribution is 2.17. The molecule has 0 bridgehead atoms. The maximum absolute atomic E-state index is 5.70. The molecular weight excluding hydrogens is 378 g/mol. The van der Waals surface area contributed by atoms with Crippen LogP contribution in [0.5, 0.6) is 5.75 Å². The Labute approximate surface area is 151 Å². The number of nitrogens with one attached hydrogen (secondary N) is 2. The van der Waals surface area contributed by atoms with Crippen molar-refractivity contribution in [2.75, 3.05) is 51.5 Å². The minimum Gasteiger partial charge on any atom is -0.493 e. The van der Waals surface area contributed by atoms with Crippen molar-refractivity contribution in [1.82, 2.24) is 10.6 Å². The zero-order chi connectivity index (χ0) is 16.8. The molecule has 0 heterocycles. The van der Waals surface area contributed by atoms with E-state index in [1.54, 1.807) is 7.11 Å². The van der Waals surface area contributed by atoms with Crippen LogP contribution in [0.15, 0.2) is 33.7 Å². The molecule has 2 N–H and O–H groups in total. The highest BCUT2D eigenvalue weighted by Gasteiger charge is 1.98. The highest BCUT2D eigenvalue weighted by atomic mass is 79.9. The zero-order valence-corrected chi connectivity index (χ0v) is 16.2. The minimum absolute atomic E-state index is 0.637. The quantitative estimate of drug-likeness (QED) is 0.338. The van der Waals surface area contributed by atoms with Crippen LogP contribution in [0.3, 0.4) is 0 Å². The Bertz CT molecular complexity index is 461. The summed E-state index contributed by atoms with van der Waals surface area (Å²) in [5, 5.41) is 6.53. The van der Waals surface area contributed by atoms with Gasteiger partial charge in [-0.25, -0.2) is 0 Å². The first kappa shape index (κ1) is 20.1. The Hall–Kier alpha value is -0.920. The molecule has 0 radical (unpaired) electrons. The summed E-state index contributed by atoms with van der Waals surface area (Å²) in [4.78, 5) is 4.42. The molecular formula is C16H26BrN3O2S. The number of hydrogen-bond acceptors (Lipinski definition) is 4. The van der Waals surface area contributed by atoms with Gasteiger partial charge < -0.3 is 20.1 Å². The largest absolute Gasteiger partial charge is 0.493 e. The fraction of sp³-hybridized carbons (Fsp3) is 0.562. The number of aliphatic imine (C=N–C) groups is 1. The van der Waals surface area contributed by atoms with E-state index in [1.165, 1.54) is 0 Å². The van der Waals surface area contributed by atoms with Crippen LogP contribution in [0.25, 0.3) is 0 Å². The van der Waals surface area contributed by atoms with Gasteiger partial charge in [-0.3, -0.25) is 4.99 Å². The molecule has 7 heteroatoms. The van der Waals surface area contributed by atoms with Gasteiger partial charge in [-0.1, -0.05) is 22.0 Å². The maximum Gasteiger partial charge on any atom is 0.191 e. The van der Waals surface area contributed by atoms with Gasteiger partial charge in [0.25, 0.3) is 0 Å². The van der Waals surface area contributed by atoms with Crippen molar-refractivity contribution in [1.29, 1.82) is 0 Å². The fourth-order valence-corrected chi connectivity index (χ4v) is 2.74. The van der Waals surface area contributed by atoms with Crippen LogP contribution in [0, 0.1) is 0 Å². The monoisotopic (exact) mass is 403 g/mol. The van der Waals surface area contributed by atoms with Gasteiger partial charge in [0, 0.05) is 36.2 Å². The van der Waals surface area contributed by atoms with Crippen molar-refractivity contribution in [2.24, 2.45) is 4.99 Å². The molecule has 5 nitrogen and oxygen atoms in total. The molecule has 1 aromatic carbocycles. The number of nitrogens with zero attached hydrogens (tertiary/aromatic N) is 1. The van der Waals surface area contributed by atoms with Gasteiger partial charge in [-0.05, 0) is 25.1 Å². The molecule has 0 saturated heterocycles. The average Bonchev–Trinajstić information content (AvgIpc) is 2.54. The van der Waals surface area contributed by atoms with E-state index in [2.05, 4.69) is 38.5 Å². The third-order valence-corrected chi connectivity index (χ3v) is 4.18. The van der Waals surface area contributed by atoms with Crippen molar-refractivity contribution in [3.63, 3.8) is 0 Å². The smallest absolute Gasteiger partial charge is 0.191 e. The van der Waals surface area contributed by atoms with Gasteiger partial charge in [0.1, 0.15) is 5.75 Å². The molecule has 23 heavy (non-hydrogen) atoms. The number of hydrogen-bond donors (Lipinski definition) is 2. The third kappa shape index (κ3) is 10.5. The standard InChI is InChI=1S/C16H26BrN3O2S/c1-3-18-16(19-7-9-21-2)20-8-11-23-12-10-22-15-6-4-5-14(17)13-15/h4-6,13H,3,7-12H2,1-2H3,(H2,18,19,20). The Balaban J connectivity index is 2.08. The second-order valence-electron chi connectivity index (χ2n) is 4.60. The lowest BCUT2D eigenvalue weighted by Crippen LogP contribution is -2.38. The molecule has 0 saturated carbocycles. The number of ether oxygens (including phenoxy) is 2. The van der Waals surface area contributed by atoms with Gasteiger partial charge >= 0.3 is 0 Å². The number of guanidine groups is 1. The van der Waals surface area contributed by atoms with Crippen LogP contribution in [-0.4, -0.2) is 57.4 Å². The van der Waals surface area contributed by atoms with E-state index in [9.17, 15) is 0 Å². The summed E-state index contributed by atoms with van der Waals surface area (Å²) in [5.41, 5.74) is 0. The summed E-state index contributed by atoms with van der Waals surface area (Å²) >= 11 is 5.29. The topological polar surface area (TPSA) is 54.9 Å². The SMILES string of the molecule is CCNC(=NCCOC)NCCSCCOc1cccc(Br)c1. The summed E-state index contributed by atoms with van der Waals surface area (Å²) in [6, 6.07) is 7.91. The van der Waals surface area contributed by atoms with Crippen molar-refractivity contribution in [2.45, 2.75) is 6.92 Å². The Morgan fingerprint density at radius 2 is 2.13 bits per heavy atom. The first-order chi connectivity index (χ1) is 11.3. The second kappa shape index (κ2) is 13.5. The van der Waals surface area contributed by atoms with Crippen LogP contribution in [0.1, 0.15) is 6.92 Å². The fourth-order valence-electron chi connectivity index (χ4n) is 1.71. The van der Waals surface area contributed by atoms with Crippen LogP contribution < -0.4 is 15.4 Å². The van der Waals surface area contributed by atoms with Crippen LogP contribution in [0.2, 0.25) is 0 Å². The number of thioether (sulfide) groups is 1. The molecule has 0 amide bonds. The summed E-state index contributed by atoms with van der Waals surface area (Å²) < 4.78 is 11.7. The van der Waals surface area contributed by atoms with Gasteiger partial charge in [-0.2, -0.15) is 11.8 Å². The molecule has 0 atom stereocenters. The van der Waals surface area contributed by atoms with Crippen molar-refractivity contribution >= 4 is 33.7 Å². The van der Waals surface area contributed by atoms with E-state index in [4.69, 9.17) is 9.47 Å². The lowest BCUT2D eigenvalue weighted by Gasteiger charge is -2.11. The maximum atomic E-state index is 5.70. The number of rotatable bonds is 11. The Kier molecular flexibility index (Phi) is 11.8. The van der Waals surface area contributed by atoms with Gasteiger partial charge in [-0.15, -0.1) is 0 Å². The van der Waals surface area contributed by atoms with E-state index in [0.717, 1.165) is 40.8 Å². The summed E-state index contributed by atoms with van der Waals surface area (Å²) in [5.74, 6) is 3.72. The van der Waals surface area contributed by atoms with Crippen molar-refractivity contribution in [3.05, 3.63) is 28.7 Å². The van der Waals surface area contributed by atoms with Crippen LogP contribution in [-0.2, 0) is 4.74 Å². The molecule has 0 fully saturated rings. The molecule has 0 unspecified atom stereocenters. The first-order valence-corrected chi connectivity index (χ1v) is 9.68. The van der Waals surface area contributed by atoms with E-state index in [1.807, 2.05) is 36.0 Å². The zero-order valence-electron chi connectivity index (χ0n) is 13.8. The van der Waals surface area contributed by atoms with Gasteiger partial charge in [0.15, 0.2) is 5.96 Å². The Morgan fingerprint density at radius 1 is 1.26 bits per heavy atom. The number of benzene rings is 1. The van der Waals surface area contributed by atoms with Gasteiger partial charge in [0.2, 0.25) is 0 Å². The predicted molar refractivity (Wildman–Crippen MR) is 103 cm³/mol. The molecule has 130 valence electrons. The highest BCUT2D eigenvalue weighted by molar-refractivity contribution is 9.10. The number of halogens is 1. The second-order valence-corrected chi connectivity index (χ2v) is 6.74. The lowest BCUT2D eigenvalue weighted by atomic mass is 10.3. The van der Waals surface area contributed by atoms with E-state index in [0.29, 0.717) is 19.8 Å². The van der Waals surface area contributed by atoms with E-state index < -0.39 is 0 Å². The average molecular weight is 404 g/mol. The predicted octanol–water partition coefficient (Wildman–Crippen LogP) is 2.76.